The molecule has 0 spiro atoms. The first-order chi connectivity index (χ1) is 8.69. The molecule has 0 saturated heterocycles. The predicted molar refractivity (Wildman–Crippen MR) is 66.5 cm³/mol. The van der Waals surface area contributed by atoms with Crippen molar-refractivity contribution in [2.75, 3.05) is 7.11 Å². The van der Waals surface area contributed by atoms with Gasteiger partial charge in [0, 0.05) is 19.7 Å². The maximum Gasteiger partial charge on any atom is 0.354 e. The van der Waals surface area contributed by atoms with E-state index in [0.29, 0.717) is 18.7 Å². The van der Waals surface area contributed by atoms with Gasteiger partial charge in [-0.25, -0.2) is 9.78 Å². The molecule has 2 rings (SSSR count). The van der Waals surface area contributed by atoms with Crippen molar-refractivity contribution in [1.29, 1.82) is 0 Å². The van der Waals surface area contributed by atoms with Crippen LogP contribution in [-0.2, 0) is 11.3 Å². The van der Waals surface area contributed by atoms with Crippen LogP contribution >= 0.6 is 0 Å². The van der Waals surface area contributed by atoms with Gasteiger partial charge in [-0.05, 0) is 31.4 Å². The Balaban J connectivity index is 1.87. The zero-order valence-corrected chi connectivity index (χ0v) is 10.4. The van der Waals surface area contributed by atoms with E-state index in [1.165, 1.54) is 6.07 Å². The van der Waals surface area contributed by atoms with E-state index >= 15 is 0 Å². The number of rotatable bonds is 5. The Morgan fingerprint density at radius 3 is 3.06 bits per heavy atom. The summed E-state index contributed by atoms with van der Waals surface area (Å²) in [5, 5.41) is 12.2. The third-order valence-corrected chi connectivity index (χ3v) is 3.32. The SMILES string of the molecule is COC1CCC(NCc2cccc(C(=O)O)n2)C1. The van der Waals surface area contributed by atoms with Gasteiger partial charge in [-0.3, -0.25) is 0 Å². The number of ether oxygens (including phenoxy) is 1. The van der Waals surface area contributed by atoms with Crippen LogP contribution in [0.5, 0.6) is 0 Å². The van der Waals surface area contributed by atoms with Gasteiger partial charge >= 0.3 is 5.97 Å². The van der Waals surface area contributed by atoms with Gasteiger partial charge in [0.1, 0.15) is 5.69 Å². The van der Waals surface area contributed by atoms with E-state index in [9.17, 15) is 4.79 Å². The highest BCUT2D eigenvalue weighted by atomic mass is 16.5. The molecule has 1 aromatic rings. The molecule has 5 nitrogen and oxygen atoms in total. The van der Waals surface area contributed by atoms with E-state index in [2.05, 4.69) is 10.3 Å². The van der Waals surface area contributed by atoms with Crippen molar-refractivity contribution in [2.24, 2.45) is 0 Å². The number of nitrogens with one attached hydrogen (secondary N) is 1. The van der Waals surface area contributed by atoms with Crippen molar-refractivity contribution in [2.45, 2.75) is 38.0 Å². The molecule has 1 heterocycles. The fourth-order valence-electron chi connectivity index (χ4n) is 2.29. The number of hydrogen-bond donors (Lipinski definition) is 2. The summed E-state index contributed by atoms with van der Waals surface area (Å²) in [4.78, 5) is 14.9. The zero-order chi connectivity index (χ0) is 13.0. The molecule has 2 atom stereocenters. The van der Waals surface area contributed by atoms with Crippen molar-refractivity contribution < 1.29 is 14.6 Å². The van der Waals surface area contributed by atoms with Crippen molar-refractivity contribution in [1.82, 2.24) is 10.3 Å². The largest absolute Gasteiger partial charge is 0.477 e. The second-order valence-corrected chi connectivity index (χ2v) is 4.57. The fraction of sp³-hybridized carbons (Fsp3) is 0.538. The van der Waals surface area contributed by atoms with Gasteiger partial charge in [0.25, 0.3) is 0 Å². The maximum atomic E-state index is 10.8. The molecule has 0 aromatic carbocycles. The minimum absolute atomic E-state index is 0.0930. The van der Waals surface area contributed by atoms with Crippen molar-refractivity contribution >= 4 is 5.97 Å². The predicted octanol–water partition coefficient (Wildman–Crippen LogP) is 1.44. The van der Waals surface area contributed by atoms with Gasteiger partial charge in [0.2, 0.25) is 0 Å². The Hall–Kier alpha value is -1.46. The molecule has 0 amide bonds. The highest BCUT2D eigenvalue weighted by Crippen LogP contribution is 2.21. The summed E-state index contributed by atoms with van der Waals surface area (Å²) in [5.41, 5.74) is 0.853. The number of hydrogen-bond acceptors (Lipinski definition) is 4. The highest BCUT2D eigenvalue weighted by Gasteiger charge is 2.23. The molecule has 1 aliphatic carbocycles. The molecule has 2 unspecified atom stereocenters. The van der Waals surface area contributed by atoms with Crippen LogP contribution < -0.4 is 5.32 Å². The molecule has 1 fully saturated rings. The summed E-state index contributed by atoms with van der Waals surface area (Å²) >= 11 is 0. The van der Waals surface area contributed by atoms with E-state index in [1.807, 2.05) is 6.07 Å². The average Bonchev–Trinajstić information content (AvgIpc) is 2.84. The quantitative estimate of drug-likeness (QED) is 0.827. The van der Waals surface area contributed by atoms with Crippen molar-refractivity contribution in [3.05, 3.63) is 29.6 Å². The molecule has 0 bridgehead atoms. The van der Waals surface area contributed by atoms with Crippen LogP contribution in [0, 0.1) is 0 Å². The average molecular weight is 250 g/mol. The Bertz CT molecular complexity index is 422. The van der Waals surface area contributed by atoms with Crippen LogP contribution in [0.2, 0.25) is 0 Å². The third-order valence-electron chi connectivity index (χ3n) is 3.32. The lowest BCUT2D eigenvalue weighted by atomic mass is 10.2. The number of nitrogens with zero attached hydrogens (tertiary/aromatic N) is 1. The molecule has 0 aliphatic heterocycles. The summed E-state index contributed by atoms with van der Waals surface area (Å²) in [6.45, 7) is 0.599. The second kappa shape index (κ2) is 5.93. The smallest absolute Gasteiger partial charge is 0.354 e. The molecule has 2 N–H and O–H groups in total. The monoisotopic (exact) mass is 250 g/mol. The number of carboxylic acids is 1. The van der Waals surface area contributed by atoms with Gasteiger partial charge in [-0.1, -0.05) is 6.07 Å². The number of methoxy groups -OCH3 is 1. The third kappa shape index (κ3) is 3.27. The minimum Gasteiger partial charge on any atom is -0.477 e. The molecule has 5 heteroatoms. The fourth-order valence-corrected chi connectivity index (χ4v) is 2.29. The van der Waals surface area contributed by atoms with Gasteiger partial charge in [-0.2, -0.15) is 0 Å². The van der Waals surface area contributed by atoms with Gasteiger partial charge in [0.15, 0.2) is 0 Å². The molecule has 1 aliphatic rings. The first-order valence-electron chi connectivity index (χ1n) is 6.14. The van der Waals surface area contributed by atoms with E-state index in [0.717, 1.165) is 25.0 Å². The number of aromatic nitrogens is 1. The van der Waals surface area contributed by atoms with E-state index < -0.39 is 5.97 Å². The normalized spacial score (nSPS) is 23.2. The number of aromatic carboxylic acids is 1. The number of carboxylic acid groups (broad SMARTS) is 1. The molecule has 1 aromatic heterocycles. The lowest BCUT2D eigenvalue weighted by Gasteiger charge is -2.12. The molecule has 18 heavy (non-hydrogen) atoms. The summed E-state index contributed by atoms with van der Waals surface area (Å²) in [6.07, 6.45) is 3.53. The van der Waals surface area contributed by atoms with Gasteiger partial charge in [0.05, 0.1) is 11.8 Å². The Morgan fingerprint density at radius 1 is 1.56 bits per heavy atom. The topological polar surface area (TPSA) is 71.5 Å². The van der Waals surface area contributed by atoms with Crippen LogP contribution in [0.25, 0.3) is 0 Å². The second-order valence-electron chi connectivity index (χ2n) is 4.57. The zero-order valence-electron chi connectivity index (χ0n) is 10.4. The summed E-state index contributed by atoms with van der Waals surface area (Å²) in [5.74, 6) is -0.989. The summed E-state index contributed by atoms with van der Waals surface area (Å²) in [6, 6.07) is 5.50. The van der Waals surface area contributed by atoms with E-state index in [1.54, 1.807) is 13.2 Å². The number of pyridine rings is 1. The maximum absolute atomic E-state index is 10.8. The van der Waals surface area contributed by atoms with Crippen LogP contribution in [0.15, 0.2) is 18.2 Å². The Labute approximate surface area is 106 Å². The van der Waals surface area contributed by atoms with E-state index in [-0.39, 0.29) is 5.69 Å². The van der Waals surface area contributed by atoms with E-state index in [4.69, 9.17) is 9.84 Å². The van der Waals surface area contributed by atoms with Crippen LogP contribution in [-0.4, -0.2) is 35.3 Å². The first kappa shape index (κ1) is 13.0. The molecule has 1 saturated carbocycles. The molecule has 98 valence electrons. The standard InChI is InChI=1S/C13H18N2O3/c1-18-11-6-5-9(7-11)14-8-10-3-2-4-12(15-10)13(16)17/h2-4,9,11,14H,5-8H2,1H3,(H,16,17). The summed E-state index contributed by atoms with van der Waals surface area (Å²) in [7, 11) is 1.74. The van der Waals surface area contributed by atoms with Crippen molar-refractivity contribution in [3.8, 4) is 0 Å². The van der Waals surface area contributed by atoms with Crippen LogP contribution in [0.1, 0.15) is 35.4 Å². The summed E-state index contributed by atoms with van der Waals surface area (Å²) < 4.78 is 5.31. The van der Waals surface area contributed by atoms with Crippen LogP contribution in [0.4, 0.5) is 0 Å². The Kier molecular flexibility index (Phi) is 4.28. The Morgan fingerprint density at radius 2 is 2.39 bits per heavy atom. The molecule has 0 radical (unpaired) electrons. The first-order valence-corrected chi connectivity index (χ1v) is 6.14. The van der Waals surface area contributed by atoms with Gasteiger partial charge in [-0.15, -0.1) is 0 Å². The molecular weight excluding hydrogens is 232 g/mol. The van der Waals surface area contributed by atoms with Gasteiger partial charge < -0.3 is 15.2 Å². The molecular formula is C13H18N2O3. The van der Waals surface area contributed by atoms with Crippen molar-refractivity contribution in [3.63, 3.8) is 0 Å². The van der Waals surface area contributed by atoms with Crippen LogP contribution in [0.3, 0.4) is 0 Å². The highest BCUT2D eigenvalue weighted by molar-refractivity contribution is 5.85. The minimum atomic E-state index is -0.989. The number of carbonyl (C=O) groups is 1. The lowest BCUT2D eigenvalue weighted by Crippen LogP contribution is -2.27. The lowest BCUT2D eigenvalue weighted by molar-refractivity contribution is 0.0690.